The predicted octanol–water partition coefficient (Wildman–Crippen LogP) is 3.61. The lowest BCUT2D eigenvalue weighted by Crippen LogP contribution is -2.07. The summed E-state index contributed by atoms with van der Waals surface area (Å²) in [5.74, 6) is 2.51. The molecule has 0 aliphatic heterocycles. The lowest BCUT2D eigenvalue weighted by atomic mass is 10.3. The molecule has 0 unspecified atom stereocenters. The van der Waals surface area contributed by atoms with Crippen molar-refractivity contribution in [2.24, 2.45) is 0 Å². The molecule has 142 valence electrons. The van der Waals surface area contributed by atoms with Crippen LogP contribution in [0.1, 0.15) is 5.82 Å². The predicted molar refractivity (Wildman–Crippen MR) is 108 cm³/mol. The van der Waals surface area contributed by atoms with E-state index in [1.165, 1.54) is 23.1 Å². The highest BCUT2D eigenvalue weighted by atomic mass is 32.2. The number of ether oxygens (including phenoxy) is 1. The first-order valence-electron chi connectivity index (χ1n) is 8.12. The molecule has 9 nitrogen and oxygen atoms in total. The Balaban J connectivity index is 1.47. The van der Waals surface area contributed by atoms with Gasteiger partial charge < -0.3 is 20.2 Å². The average molecular weight is 413 g/mol. The average Bonchev–Trinajstić information content (AvgIpc) is 3.38. The van der Waals surface area contributed by atoms with Gasteiger partial charge in [0.1, 0.15) is 11.6 Å². The van der Waals surface area contributed by atoms with Gasteiger partial charge in [0, 0.05) is 0 Å². The molecule has 0 atom stereocenters. The highest BCUT2D eigenvalue weighted by molar-refractivity contribution is 7.98. The first kappa shape index (κ1) is 18.2. The van der Waals surface area contributed by atoms with E-state index < -0.39 is 0 Å². The summed E-state index contributed by atoms with van der Waals surface area (Å²) < 4.78 is 11.0. The van der Waals surface area contributed by atoms with E-state index in [9.17, 15) is 0 Å². The Kier molecular flexibility index (Phi) is 5.35. The number of methoxy groups -OCH3 is 1. The van der Waals surface area contributed by atoms with Gasteiger partial charge in [-0.2, -0.15) is 15.0 Å². The van der Waals surface area contributed by atoms with Crippen molar-refractivity contribution in [2.45, 2.75) is 11.0 Å². The number of nitrogens with two attached hydrogens (primary N) is 1. The van der Waals surface area contributed by atoms with E-state index in [4.69, 9.17) is 14.9 Å². The van der Waals surface area contributed by atoms with E-state index in [0.29, 0.717) is 34.4 Å². The fourth-order valence-corrected chi connectivity index (χ4v) is 3.58. The fourth-order valence-electron chi connectivity index (χ4n) is 2.32. The third-order valence-corrected chi connectivity index (χ3v) is 5.19. The lowest BCUT2D eigenvalue weighted by Gasteiger charge is -2.10. The van der Waals surface area contributed by atoms with Crippen molar-refractivity contribution in [2.75, 3.05) is 18.2 Å². The van der Waals surface area contributed by atoms with Crippen molar-refractivity contribution < 1.29 is 9.15 Å². The van der Waals surface area contributed by atoms with Crippen LogP contribution in [0.15, 0.2) is 51.4 Å². The number of hydrogen-bond acceptors (Lipinski definition) is 11. The highest BCUT2D eigenvalue weighted by Crippen LogP contribution is 2.28. The summed E-state index contributed by atoms with van der Waals surface area (Å²) >= 11 is 2.86. The van der Waals surface area contributed by atoms with Crippen LogP contribution >= 0.6 is 23.1 Å². The second-order valence-electron chi connectivity index (χ2n) is 5.40. The van der Waals surface area contributed by atoms with Crippen LogP contribution in [0.4, 0.5) is 17.6 Å². The van der Waals surface area contributed by atoms with Crippen molar-refractivity contribution in [3.8, 4) is 16.5 Å². The number of thiophene rings is 1. The molecule has 1 aromatic carbocycles. The highest BCUT2D eigenvalue weighted by Gasteiger charge is 2.12. The number of thioether (sulfide) groups is 1. The van der Waals surface area contributed by atoms with E-state index in [1.54, 1.807) is 7.11 Å². The molecule has 0 radical (unpaired) electrons. The van der Waals surface area contributed by atoms with Crippen molar-refractivity contribution >= 4 is 40.7 Å². The molecule has 3 N–H and O–H groups in total. The van der Waals surface area contributed by atoms with Crippen LogP contribution in [-0.4, -0.2) is 32.3 Å². The van der Waals surface area contributed by atoms with Gasteiger partial charge in [-0.3, -0.25) is 0 Å². The van der Waals surface area contributed by atoms with Crippen molar-refractivity contribution in [1.29, 1.82) is 0 Å². The maximum atomic E-state index is 5.83. The Morgan fingerprint density at radius 3 is 2.86 bits per heavy atom. The largest absolute Gasteiger partial charge is 0.495 e. The van der Waals surface area contributed by atoms with Crippen LogP contribution in [-0.2, 0) is 5.75 Å². The minimum absolute atomic E-state index is 0.118. The van der Waals surface area contributed by atoms with Gasteiger partial charge in [-0.25, -0.2) is 0 Å². The molecule has 4 aromatic rings. The zero-order chi connectivity index (χ0) is 19.3. The van der Waals surface area contributed by atoms with Gasteiger partial charge in [0.05, 0.1) is 23.4 Å². The summed E-state index contributed by atoms with van der Waals surface area (Å²) in [7, 11) is 1.60. The molecule has 3 heterocycles. The number of nitrogens with one attached hydrogen (secondary N) is 1. The molecule has 11 heteroatoms. The maximum Gasteiger partial charge on any atom is 0.277 e. The number of nitrogen functional groups attached to an aromatic ring is 1. The van der Waals surface area contributed by atoms with Crippen LogP contribution < -0.4 is 15.8 Å². The lowest BCUT2D eigenvalue weighted by molar-refractivity contribution is 0.417. The van der Waals surface area contributed by atoms with Crippen molar-refractivity contribution in [1.82, 2.24) is 25.1 Å². The van der Waals surface area contributed by atoms with Crippen molar-refractivity contribution in [3.05, 3.63) is 47.6 Å². The second-order valence-corrected chi connectivity index (χ2v) is 7.27. The quantitative estimate of drug-likeness (QED) is 0.434. The SMILES string of the molecule is COc1ccccc1Nc1nc(N)nc(CSc2nnc(-c3cccs3)o2)n1. The first-order chi connectivity index (χ1) is 13.7. The number of nitrogens with zero attached hydrogens (tertiary/aromatic N) is 5. The third kappa shape index (κ3) is 4.21. The summed E-state index contributed by atoms with van der Waals surface area (Å²) in [5, 5.41) is 13.6. The molecule has 0 spiro atoms. The first-order valence-corrected chi connectivity index (χ1v) is 9.98. The van der Waals surface area contributed by atoms with Gasteiger partial charge in [-0.1, -0.05) is 30.0 Å². The summed E-state index contributed by atoms with van der Waals surface area (Å²) in [6.45, 7) is 0. The van der Waals surface area contributed by atoms with Gasteiger partial charge in [0.2, 0.25) is 11.9 Å². The van der Waals surface area contributed by atoms with Gasteiger partial charge in [-0.15, -0.1) is 21.5 Å². The number of benzene rings is 1. The monoisotopic (exact) mass is 413 g/mol. The van der Waals surface area contributed by atoms with Gasteiger partial charge in [0.15, 0.2) is 0 Å². The van der Waals surface area contributed by atoms with Crippen molar-refractivity contribution in [3.63, 3.8) is 0 Å². The van der Waals surface area contributed by atoms with E-state index in [-0.39, 0.29) is 5.95 Å². The Labute approximate surface area is 168 Å². The topological polar surface area (TPSA) is 125 Å². The van der Waals surface area contributed by atoms with Crippen LogP contribution in [0.25, 0.3) is 10.8 Å². The van der Waals surface area contributed by atoms with Gasteiger partial charge >= 0.3 is 0 Å². The van der Waals surface area contributed by atoms with E-state index in [1.807, 2.05) is 41.8 Å². The molecule has 0 bridgehead atoms. The number of aromatic nitrogens is 5. The molecule has 4 rings (SSSR count). The maximum absolute atomic E-state index is 5.83. The van der Waals surface area contributed by atoms with Crippen LogP contribution in [0.3, 0.4) is 0 Å². The summed E-state index contributed by atoms with van der Waals surface area (Å²) in [5.41, 5.74) is 6.56. The number of para-hydroxylation sites is 2. The summed E-state index contributed by atoms with van der Waals surface area (Å²) in [6, 6.07) is 11.3. The zero-order valence-electron chi connectivity index (χ0n) is 14.7. The molecule has 3 aromatic heterocycles. The molecule has 0 aliphatic carbocycles. The second kappa shape index (κ2) is 8.23. The molecule has 0 saturated heterocycles. The molecular weight excluding hydrogens is 398 g/mol. The third-order valence-electron chi connectivity index (χ3n) is 3.52. The van der Waals surface area contributed by atoms with Gasteiger partial charge in [0.25, 0.3) is 11.1 Å². The Morgan fingerprint density at radius 1 is 1.14 bits per heavy atom. The molecule has 28 heavy (non-hydrogen) atoms. The molecule has 0 amide bonds. The van der Waals surface area contributed by atoms with E-state index >= 15 is 0 Å². The Morgan fingerprint density at radius 2 is 2.04 bits per heavy atom. The fraction of sp³-hybridized carbons (Fsp3) is 0.118. The van der Waals surface area contributed by atoms with Crippen LogP contribution in [0.5, 0.6) is 5.75 Å². The summed E-state index contributed by atoms with van der Waals surface area (Å²) in [6.07, 6.45) is 0. The normalized spacial score (nSPS) is 10.8. The van der Waals surface area contributed by atoms with Crippen LogP contribution in [0.2, 0.25) is 0 Å². The van der Waals surface area contributed by atoms with E-state index in [0.717, 1.165) is 10.6 Å². The molecular formula is C17H15N7O2S2. The smallest absolute Gasteiger partial charge is 0.277 e. The standard InChI is InChI=1S/C17H15N7O2S2/c1-25-11-6-3-2-5-10(11)19-16-21-13(20-15(18)22-16)9-28-17-24-23-14(26-17)12-7-4-8-27-12/h2-8H,9H2,1H3,(H3,18,19,20,21,22). The number of hydrogen-bond donors (Lipinski definition) is 2. The number of anilines is 3. The summed E-state index contributed by atoms with van der Waals surface area (Å²) in [4.78, 5) is 13.6. The molecule has 0 fully saturated rings. The molecule has 0 saturated carbocycles. The van der Waals surface area contributed by atoms with Gasteiger partial charge in [-0.05, 0) is 23.6 Å². The van der Waals surface area contributed by atoms with E-state index in [2.05, 4.69) is 30.5 Å². The zero-order valence-corrected chi connectivity index (χ0v) is 16.3. The minimum atomic E-state index is 0.118. The number of rotatable bonds is 7. The minimum Gasteiger partial charge on any atom is -0.495 e. The Hall–Kier alpha value is -3.18. The van der Waals surface area contributed by atoms with Crippen LogP contribution in [0, 0.1) is 0 Å². The Bertz CT molecular complexity index is 1070. The molecule has 0 aliphatic rings.